The summed E-state index contributed by atoms with van der Waals surface area (Å²) >= 11 is 7.20. The molecule has 0 unspecified atom stereocenters. The molecular formula is C14H14ClN2NaO4S2. The Balaban J connectivity index is 0.00000288. The summed E-state index contributed by atoms with van der Waals surface area (Å²) in [6, 6.07) is 9.42. The summed E-state index contributed by atoms with van der Waals surface area (Å²) in [5, 5.41) is 12.6. The molecule has 24 heavy (non-hydrogen) atoms. The van der Waals surface area contributed by atoms with Crippen molar-refractivity contribution < 1.29 is 42.8 Å². The van der Waals surface area contributed by atoms with Crippen molar-refractivity contribution in [2.24, 2.45) is 0 Å². The molecule has 0 fully saturated rings. The average molecular weight is 397 g/mol. The number of amides is 1. The van der Waals surface area contributed by atoms with Crippen molar-refractivity contribution in [3.8, 4) is 0 Å². The van der Waals surface area contributed by atoms with Crippen molar-refractivity contribution in [1.82, 2.24) is 9.79 Å². The van der Waals surface area contributed by atoms with Crippen molar-refractivity contribution in [1.29, 1.82) is 0 Å². The van der Waals surface area contributed by atoms with E-state index in [1.165, 1.54) is 45.4 Å². The van der Waals surface area contributed by atoms with Gasteiger partial charge in [-0.05, 0) is 35.7 Å². The third-order valence-electron chi connectivity index (χ3n) is 3.07. The molecular weight excluding hydrogens is 383 g/mol. The molecule has 0 spiro atoms. The van der Waals surface area contributed by atoms with Crippen LogP contribution in [0.2, 0.25) is 5.02 Å². The van der Waals surface area contributed by atoms with E-state index in [9.17, 15) is 18.4 Å². The molecule has 1 heterocycles. The van der Waals surface area contributed by atoms with E-state index >= 15 is 0 Å². The van der Waals surface area contributed by atoms with Crippen LogP contribution in [0.4, 0.5) is 0 Å². The Kier molecular flexibility index (Phi) is 8.89. The van der Waals surface area contributed by atoms with E-state index in [0.717, 1.165) is 4.88 Å². The van der Waals surface area contributed by atoms with Gasteiger partial charge in [0.1, 0.15) is 0 Å². The molecule has 1 amide bonds. The molecule has 0 saturated carbocycles. The predicted molar refractivity (Wildman–Crippen MR) is 89.5 cm³/mol. The Hall–Kier alpha value is -0.450. The van der Waals surface area contributed by atoms with Crippen LogP contribution in [-0.4, -0.2) is 25.2 Å². The van der Waals surface area contributed by atoms with E-state index < -0.39 is 15.9 Å². The second-order valence-electron chi connectivity index (χ2n) is 4.65. The standard InChI is InChI=1S/C14H14ClN2O4S2.Na/c15-11-3-5-13(6-4-11)23(20,21)17(8-7-14(18)16-19)10-12-2-1-9-22-12;/h1-6,9H,7-8,10H2,(H-,16,18,19);/q-1;+1. The van der Waals surface area contributed by atoms with Crippen LogP contribution < -0.4 is 35.0 Å². The van der Waals surface area contributed by atoms with Gasteiger partial charge in [0.25, 0.3) is 0 Å². The summed E-state index contributed by atoms with van der Waals surface area (Å²) in [5.41, 5.74) is 1.25. The molecule has 2 rings (SSSR count). The number of nitrogens with zero attached hydrogens (tertiary/aromatic N) is 1. The van der Waals surface area contributed by atoms with E-state index in [-0.39, 0.29) is 54.0 Å². The van der Waals surface area contributed by atoms with Crippen LogP contribution in [0.1, 0.15) is 11.3 Å². The van der Waals surface area contributed by atoms with Gasteiger partial charge in [0.05, 0.1) is 4.90 Å². The molecule has 124 valence electrons. The number of rotatable bonds is 7. The summed E-state index contributed by atoms with van der Waals surface area (Å²) in [6.45, 7) is 0.0473. The molecule has 0 aliphatic heterocycles. The molecule has 6 nitrogen and oxygen atoms in total. The molecule has 1 aromatic heterocycles. The van der Waals surface area contributed by atoms with Crippen LogP contribution in [-0.2, 0) is 21.4 Å². The minimum atomic E-state index is -3.80. The van der Waals surface area contributed by atoms with Gasteiger partial charge in [0, 0.05) is 29.4 Å². The Morgan fingerprint density at radius 2 is 1.92 bits per heavy atom. The first-order valence-electron chi connectivity index (χ1n) is 6.62. The van der Waals surface area contributed by atoms with Crippen LogP contribution in [0.25, 0.3) is 0 Å². The van der Waals surface area contributed by atoms with Crippen LogP contribution in [0.3, 0.4) is 0 Å². The molecule has 1 aromatic carbocycles. The van der Waals surface area contributed by atoms with E-state index in [1.54, 1.807) is 0 Å². The smallest absolute Gasteiger partial charge is 0.759 e. The fourth-order valence-electron chi connectivity index (χ4n) is 1.89. The monoisotopic (exact) mass is 396 g/mol. The average Bonchev–Trinajstić information content (AvgIpc) is 3.04. The van der Waals surface area contributed by atoms with Gasteiger partial charge < -0.3 is 10.7 Å². The molecule has 0 bridgehead atoms. The van der Waals surface area contributed by atoms with Crippen LogP contribution >= 0.6 is 22.9 Å². The molecule has 2 aromatic rings. The van der Waals surface area contributed by atoms with Crippen molar-refractivity contribution in [2.45, 2.75) is 17.9 Å². The molecule has 0 radical (unpaired) electrons. The molecule has 0 aliphatic carbocycles. The van der Waals surface area contributed by atoms with Crippen molar-refractivity contribution >= 4 is 38.9 Å². The molecule has 0 aliphatic rings. The zero-order chi connectivity index (χ0) is 16.9. The molecule has 10 heteroatoms. The second-order valence-corrected chi connectivity index (χ2v) is 8.05. The Bertz CT molecular complexity index is 752. The van der Waals surface area contributed by atoms with E-state index in [2.05, 4.69) is 0 Å². The Morgan fingerprint density at radius 3 is 2.46 bits per heavy atom. The van der Waals surface area contributed by atoms with Gasteiger partial charge in [-0.2, -0.15) is 4.31 Å². The minimum Gasteiger partial charge on any atom is -0.759 e. The zero-order valence-corrected chi connectivity index (χ0v) is 17.3. The number of hydrogen-bond acceptors (Lipinski definition) is 5. The maximum atomic E-state index is 12.7. The van der Waals surface area contributed by atoms with Crippen molar-refractivity contribution in [2.75, 3.05) is 6.54 Å². The summed E-state index contributed by atoms with van der Waals surface area (Å²) in [5.74, 6) is -0.757. The largest absolute Gasteiger partial charge is 1.00 e. The molecule has 0 saturated heterocycles. The van der Waals surface area contributed by atoms with Gasteiger partial charge in [-0.15, -0.1) is 11.3 Å². The van der Waals surface area contributed by atoms with Crippen molar-refractivity contribution in [3.05, 3.63) is 56.9 Å². The second kappa shape index (κ2) is 9.88. The van der Waals surface area contributed by atoms with E-state index in [0.29, 0.717) is 5.02 Å². The third kappa shape index (κ3) is 5.82. The molecule has 0 atom stereocenters. The molecule has 1 N–H and O–H groups in total. The van der Waals surface area contributed by atoms with Gasteiger partial charge >= 0.3 is 29.6 Å². The zero-order valence-electron chi connectivity index (χ0n) is 12.9. The number of thiophene rings is 1. The Morgan fingerprint density at radius 1 is 1.25 bits per heavy atom. The number of halogens is 1. The number of carbonyl (C=O) groups excluding carboxylic acids is 1. The van der Waals surface area contributed by atoms with Gasteiger partial charge in [-0.1, -0.05) is 17.7 Å². The fourth-order valence-corrected chi connectivity index (χ4v) is 4.24. The number of hydroxylamine groups is 1. The van der Waals surface area contributed by atoms with Crippen LogP contribution in [0, 0.1) is 5.21 Å². The van der Waals surface area contributed by atoms with Gasteiger partial charge in [-0.3, -0.25) is 4.79 Å². The number of nitrogens with one attached hydrogen (secondary N) is 1. The van der Waals surface area contributed by atoms with Gasteiger partial charge in [0.2, 0.25) is 15.9 Å². The van der Waals surface area contributed by atoms with E-state index in [1.807, 2.05) is 17.5 Å². The number of hydrogen-bond donors (Lipinski definition) is 1. The first-order chi connectivity index (χ1) is 10.9. The van der Waals surface area contributed by atoms with Crippen LogP contribution in [0.5, 0.6) is 0 Å². The topological polar surface area (TPSA) is 89.5 Å². The predicted octanol–water partition coefficient (Wildman–Crippen LogP) is -0.399. The first kappa shape index (κ1) is 21.6. The fraction of sp³-hybridized carbons (Fsp3) is 0.214. The normalized spacial score (nSPS) is 11.1. The van der Waals surface area contributed by atoms with Gasteiger partial charge in [0.15, 0.2) is 0 Å². The first-order valence-corrected chi connectivity index (χ1v) is 9.32. The summed E-state index contributed by atoms with van der Waals surface area (Å²) < 4.78 is 26.7. The summed E-state index contributed by atoms with van der Waals surface area (Å²) in [4.78, 5) is 12.1. The minimum absolute atomic E-state index is 0. The SMILES string of the molecule is O=C(CCN(Cc1cccs1)S(=O)(=O)c1ccc(Cl)cc1)N[O-].[Na+]. The Labute approximate surface area is 171 Å². The van der Waals surface area contributed by atoms with Crippen molar-refractivity contribution in [3.63, 3.8) is 0 Å². The maximum absolute atomic E-state index is 12.7. The summed E-state index contributed by atoms with van der Waals surface area (Å²) in [7, 11) is -3.80. The summed E-state index contributed by atoms with van der Waals surface area (Å²) in [6.07, 6.45) is -0.207. The number of benzene rings is 1. The van der Waals surface area contributed by atoms with Gasteiger partial charge in [-0.25, -0.2) is 8.42 Å². The van der Waals surface area contributed by atoms with Crippen LogP contribution in [0.15, 0.2) is 46.7 Å². The quantitative estimate of drug-likeness (QED) is 0.509. The number of sulfonamides is 1. The maximum Gasteiger partial charge on any atom is 1.00 e. The number of carbonyl (C=O) groups is 1. The van der Waals surface area contributed by atoms with E-state index in [4.69, 9.17) is 11.6 Å². The third-order valence-corrected chi connectivity index (χ3v) is 6.04.